The molecule has 0 aliphatic heterocycles. The van der Waals surface area contributed by atoms with E-state index in [0.29, 0.717) is 5.41 Å². The largest absolute Gasteiger partial charge is 0.378 e. The molecule has 0 saturated heterocycles. The predicted octanol–water partition coefficient (Wildman–Crippen LogP) is 6.28. The number of hydrogen-bond donors (Lipinski definition) is 0. The Bertz CT molecular complexity index is 856. The first-order chi connectivity index (χ1) is 13.5. The lowest BCUT2D eigenvalue weighted by Gasteiger charge is -2.57. The van der Waals surface area contributed by atoms with Gasteiger partial charge in [-0.25, -0.2) is 0 Å². The second-order valence-electron chi connectivity index (χ2n) is 9.94. The van der Waals surface area contributed by atoms with Crippen LogP contribution in [0.1, 0.15) is 55.2 Å². The first-order valence-electron chi connectivity index (χ1n) is 10.9. The summed E-state index contributed by atoms with van der Waals surface area (Å²) in [6, 6.07) is 15.7. The first-order valence-corrected chi connectivity index (χ1v) is 10.9. The van der Waals surface area contributed by atoms with Crippen molar-refractivity contribution in [1.82, 2.24) is 0 Å². The molecule has 4 bridgehead atoms. The van der Waals surface area contributed by atoms with Gasteiger partial charge in [-0.1, -0.05) is 24.3 Å². The van der Waals surface area contributed by atoms with Crippen LogP contribution in [0, 0.1) is 24.7 Å². The van der Waals surface area contributed by atoms with Crippen molar-refractivity contribution >= 4 is 17.6 Å². The van der Waals surface area contributed by atoms with E-state index >= 15 is 0 Å². The first kappa shape index (κ1) is 18.0. The van der Waals surface area contributed by atoms with Crippen LogP contribution in [0.4, 0.5) is 11.4 Å². The molecule has 4 saturated carbocycles. The zero-order valence-corrected chi connectivity index (χ0v) is 17.5. The Labute approximate surface area is 169 Å². The highest BCUT2D eigenvalue weighted by Gasteiger charge is 2.51. The minimum Gasteiger partial charge on any atom is -0.378 e. The van der Waals surface area contributed by atoms with Crippen LogP contribution in [0.25, 0.3) is 0 Å². The van der Waals surface area contributed by atoms with Crippen molar-refractivity contribution in [2.45, 2.75) is 50.9 Å². The van der Waals surface area contributed by atoms with Crippen molar-refractivity contribution in [2.24, 2.45) is 22.7 Å². The van der Waals surface area contributed by atoms with E-state index in [1.54, 1.807) is 5.56 Å². The van der Waals surface area contributed by atoms with Crippen molar-refractivity contribution in [3.63, 3.8) is 0 Å². The monoisotopic (exact) mass is 372 g/mol. The smallest absolute Gasteiger partial charge is 0.0659 e. The van der Waals surface area contributed by atoms with Gasteiger partial charge >= 0.3 is 0 Å². The summed E-state index contributed by atoms with van der Waals surface area (Å²) in [4.78, 5) is 6.92. The van der Waals surface area contributed by atoms with Crippen molar-refractivity contribution in [3.05, 3.63) is 59.2 Å². The highest BCUT2D eigenvalue weighted by atomic mass is 15.1. The topological polar surface area (TPSA) is 15.6 Å². The summed E-state index contributed by atoms with van der Waals surface area (Å²) < 4.78 is 0. The van der Waals surface area contributed by atoms with Gasteiger partial charge in [0.05, 0.1) is 5.69 Å². The molecule has 0 aromatic heterocycles. The average molecular weight is 373 g/mol. The number of hydrogen-bond acceptors (Lipinski definition) is 2. The lowest BCUT2D eigenvalue weighted by atomic mass is 9.48. The molecule has 0 N–H and O–H groups in total. The Balaban J connectivity index is 1.37. The number of rotatable bonds is 4. The lowest BCUT2D eigenvalue weighted by Crippen LogP contribution is -2.48. The number of benzene rings is 2. The molecule has 2 aromatic rings. The maximum Gasteiger partial charge on any atom is 0.0659 e. The quantitative estimate of drug-likeness (QED) is 0.577. The van der Waals surface area contributed by atoms with Crippen LogP contribution >= 0.6 is 0 Å². The third kappa shape index (κ3) is 3.17. The summed E-state index contributed by atoms with van der Waals surface area (Å²) in [6.07, 6.45) is 10.8. The van der Waals surface area contributed by atoms with Crippen LogP contribution < -0.4 is 4.90 Å². The van der Waals surface area contributed by atoms with E-state index in [9.17, 15) is 0 Å². The Kier molecular flexibility index (Phi) is 4.34. The molecule has 0 spiro atoms. The van der Waals surface area contributed by atoms with Gasteiger partial charge in [-0.3, -0.25) is 4.99 Å². The van der Waals surface area contributed by atoms with Gasteiger partial charge < -0.3 is 4.90 Å². The van der Waals surface area contributed by atoms with Gasteiger partial charge in [0, 0.05) is 26.0 Å². The van der Waals surface area contributed by atoms with E-state index in [1.165, 1.54) is 49.8 Å². The molecule has 146 valence electrons. The van der Waals surface area contributed by atoms with Crippen LogP contribution in [0.15, 0.2) is 47.5 Å². The van der Waals surface area contributed by atoms with Crippen LogP contribution in [0.2, 0.25) is 0 Å². The second kappa shape index (κ2) is 6.76. The summed E-state index contributed by atoms with van der Waals surface area (Å²) in [5.41, 5.74) is 6.85. The fourth-order valence-corrected chi connectivity index (χ4v) is 6.60. The van der Waals surface area contributed by atoms with Crippen molar-refractivity contribution < 1.29 is 0 Å². The lowest BCUT2D eigenvalue weighted by molar-refractivity contribution is -0.00520. The maximum absolute atomic E-state index is 4.80. The molecule has 0 atom stereocenters. The van der Waals surface area contributed by atoms with E-state index in [1.807, 2.05) is 6.21 Å². The van der Waals surface area contributed by atoms with Crippen LogP contribution in [-0.4, -0.2) is 20.3 Å². The molecule has 0 heterocycles. The van der Waals surface area contributed by atoms with E-state index < -0.39 is 0 Å². The van der Waals surface area contributed by atoms with Crippen molar-refractivity contribution in [2.75, 3.05) is 19.0 Å². The summed E-state index contributed by atoms with van der Waals surface area (Å²) in [5.74, 6) is 2.98. The Morgan fingerprint density at radius 1 is 0.893 bits per heavy atom. The van der Waals surface area contributed by atoms with Gasteiger partial charge in [0.1, 0.15) is 0 Å². The third-order valence-corrected chi connectivity index (χ3v) is 7.61. The SMILES string of the molecule is Cc1cc(C23CC4CC(CC(C4)C2)C3)ccc1N=Cc1ccc(N(C)C)cc1. The predicted molar refractivity (Wildman–Crippen MR) is 119 cm³/mol. The molecule has 2 nitrogen and oxygen atoms in total. The Morgan fingerprint density at radius 3 is 2.04 bits per heavy atom. The highest BCUT2D eigenvalue weighted by molar-refractivity contribution is 5.83. The molecular weight excluding hydrogens is 340 g/mol. The molecule has 28 heavy (non-hydrogen) atoms. The van der Waals surface area contributed by atoms with Gasteiger partial charge in [0.15, 0.2) is 0 Å². The van der Waals surface area contributed by atoms with Crippen LogP contribution in [-0.2, 0) is 5.41 Å². The molecule has 0 unspecified atom stereocenters. The minimum absolute atomic E-state index is 0.476. The minimum atomic E-state index is 0.476. The van der Waals surface area contributed by atoms with Gasteiger partial charge in [0.25, 0.3) is 0 Å². The number of nitrogens with zero attached hydrogens (tertiary/aromatic N) is 2. The zero-order chi connectivity index (χ0) is 19.3. The molecular formula is C26H32N2. The number of aryl methyl sites for hydroxylation is 1. The van der Waals surface area contributed by atoms with Crippen LogP contribution in [0.5, 0.6) is 0 Å². The Hall–Kier alpha value is -2.09. The average Bonchev–Trinajstić information content (AvgIpc) is 2.66. The Morgan fingerprint density at radius 2 is 1.50 bits per heavy atom. The van der Waals surface area contributed by atoms with E-state index in [0.717, 1.165) is 29.0 Å². The molecule has 6 rings (SSSR count). The molecule has 0 radical (unpaired) electrons. The summed E-state index contributed by atoms with van der Waals surface area (Å²) in [7, 11) is 4.13. The molecule has 4 aliphatic carbocycles. The van der Waals surface area contributed by atoms with Gasteiger partial charge in [0.2, 0.25) is 0 Å². The zero-order valence-electron chi connectivity index (χ0n) is 17.5. The summed E-state index contributed by atoms with van der Waals surface area (Å²) >= 11 is 0. The maximum atomic E-state index is 4.80. The highest BCUT2D eigenvalue weighted by Crippen LogP contribution is 2.60. The van der Waals surface area contributed by atoms with E-state index in [2.05, 4.69) is 68.4 Å². The van der Waals surface area contributed by atoms with E-state index in [4.69, 9.17) is 4.99 Å². The summed E-state index contributed by atoms with van der Waals surface area (Å²) in [5, 5.41) is 0. The molecule has 4 aliphatic rings. The molecule has 2 heteroatoms. The van der Waals surface area contributed by atoms with Gasteiger partial charge in [-0.2, -0.15) is 0 Å². The normalized spacial score (nSPS) is 30.9. The third-order valence-electron chi connectivity index (χ3n) is 7.61. The standard InChI is InChI=1S/C26H32N2/c1-18-10-23(26-14-20-11-21(15-26)13-22(12-20)16-26)6-9-25(18)27-17-19-4-7-24(8-5-19)28(2)3/h4-10,17,20-22H,11-16H2,1-3H3. The summed E-state index contributed by atoms with van der Waals surface area (Å²) in [6.45, 7) is 2.23. The number of anilines is 1. The fraction of sp³-hybridized carbons (Fsp3) is 0.500. The number of aliphatic imine (C=N–C) groups is 1. The van der Waals surface area contributed by atoms with Crippen LogP contribution in [0.3, 0.4) is 0 Å². The van der Waals surface area contributed by atoms with Crippen molar-refractivity contribution in [3.8, 4) is 0 Å². The molecule has 4 fully saturated rings. The fourth-order valence-electron chi connectivity index (χ4n) is 6.60. The molecule has 2 aromatic carbocycles. The molecule has 0 amide bonds. The van der Waals surface area contributed by atoms with Gasteiger partial charge in [-0.15, -0.1) is 0 Å². The van der Waals surface area contributed by atoms with Crippen molar-refractivity contribution in [1.29, 1.82) is 0 Å². The van der Waals surface area contributed by atoms with Gasteiger partial charge in [-0.05, 0) is 104 Å². The van der Waals surface area contributed by atoms with E-state index in [-0.39, 0.29) is 0 Å². The second-order valence-corrected chi connectivity index (χ2v) is 9.94.